The first-order valence-corrected chi connectivity index (χ1v) is 7.82. The standard InChI is InChI=1S/C19H28/c1-14(2)19-16(4)8-6-10-18(19)12-11-17-9-5-7-15(3)13-17/h6,8,10,15,17H,1,5,7,9,11-13H2,2-4H3. The van der Waals surface area contributed by atoms with Crippen LogP contribution < -0.4 is 0 Å². The summed E-state index contributed by atoms with van der Waals surface area (Å²) in [6.45, 7) is 10.9. The summed E-state index contributed by atoms with van der Waals surface area (Å²) in [4.78, 5) is 0. The normalized spacial score (nSPS) is 23.3. The average molecular weight is 256 g/mol. The van der Waals surface area contributed by atoms with Crippen LogP contribution in [0.2, 0.25) is 0 Å². The maximum atomic E-state index is 4.15. The van der Waals surface area contributed by atoms with Crippen molar-refractivity contribution in [3.8, 4) is 0 Å². The van der Waals surface area contributed by atoms with Crippen LogP contribution in [0.1, 0.15) is 62.6 Å². The number of hydrogen-bond donors (Lipinski definition) is 0. The topological polar surface area (TPSA) is 0 Å². The van der Waals surface area contributed by atoms with Crippen LogP contribution in [0.4, 0.5) is 0 Å². The van der Waals surface area contributed by atoms with Gasteiger partial charge in [-0.2, -0.15) is 0 Å². The molecule has 1 saturated carbocycles. The van der Waals surface area contributed by atoms with Crippen molar-refractivity contribution in [1.82, 2.24) is 0 Å². The third kappa shape index (κ3) is 3.72. The molecular weight excluding hydrogens is 228 g/mol. The van der Waals surface area contributed by atoms with E-state index >= 15 is 0 Å². The molecule has 0 heterocycles. The van der Waals surface area contributed by atoms with Gasteiger partial charge in [0.1, 0.15) is 0 Å². The molecule has 2 unspecified atom stereocenters. The molecule has 19 heavy (non-hydrogen) atoms. The lowest BCUT2D eigenvalue weighted by Gasteiger charge is -2.27. The van der Waals surface area contributed by atoms with Crippen molar-refractivity contribution < 1.29 is 0 Å². The highest BCUT2D eigenvalue weighted by molar-refractivity contribution is 5.67. The highest BCUT2D eigenvalue weighted by Gasteiger charge is 2.19. The van der Waals surface area contributed by atoms with Gasteiger partial charge in [0.2, 0.25) is 0 Å². The van der Waals surface area contributed by atoms with E-state index in [1.54, 1.807) is 0 Å². The van der Waals surface area contributed by atoms with E-state index in [9.17, 15) is 0 Å². The van der Waals surface area contributed by atoms with Gasteiger partial charge in [-0.15, -0.1) is 0 Å². The van der Waals surface area contributed by atoms with Gasteiger partial charge < -0.3 is 0 Å². The van der Waals surface area contributed by atoms with Gasteiger partial charge >= 0.3 is 0 Å². The lowest BCUT2D eigenvalue weighted by atomic mass is 9.79. The molecule has 104 valence electrons. The van der Waals surface area contributed by atoms with Crippen LogP contribution in [0.5, 0.6) is 0 Å². The minimum Gasteiger partial charge on any atom is -0.0955 e. The Hall–Kier alpha value is -1.04. The summed E-state index contributed by atoms with van der Waals surface area (Å²) < 4.78 is 0. The largest absolute Gasteiger partial charge is 0.0955 e. The Bertz CT molecular complexity index is 441. The van der Waals surface area contributed by atoms with E-state index in [-0.39, 0.29) is 0 Å². The van der Waals surface area contributed by atoms with Gasteiger partial charge in [0, 0.05) is 0 Å². The van der Waals surface area contributed by atoms with Gasteiger partial charge in [0.25, 0.3) is 0 Å². The molecule has 0 bridgehead atoms. The molecule has 0 amide bonds. The predicted molar refractivity (Wildman–Crippen MR) is 85.3 cm³/mol. The predicted octanol–water partition coefficient (Wildman–Crippen LogP) is 5.79. The summed E-state index contributed by atoms with van der Waals surface area (Å²) in [6, 6.07) is 6.69. The molecular formula is C19H28. The Morgan fingerprint density at radius 2 is 2.11 bits per heavy atom. The minimum atomic E-state index is 0.942. The molecule has 0 aliphatic heterocycles. The van der Waals surface area contributed by atoms with Crippen molar-refractivity contribution in [3.05, 3.63) is 41.5 Å². The smallest absolute Gasteiger partial charge is 0.0172 e. The van der Waals surface area contributed by atoms with Crippen molar-refractivity contribution >= 4 is 5.57 Å². The molecule has 0 radical (unpaired) electrons. The molecule has 1 aromatic rings. The highest BCUT2D eigenvalue weighted by atomic mass is 14.2. The number of benzene rings is 1. The van der Waals surface area contributed by atoms with E-state index in [0.717, 1.165) is 11.8 Å². The molecule has 1 aliphatic carbocycles. The monoisotopic (exact) mass is 256 g/mol. The van der Waals surface area contributed by atoms with Gasteiger partial charge in [-0.05, 0) is 61.6 Å². The Labute approximate surface area is 118 Å². The molecule has 1 fully saturated rings. The first-order chi connectivity index (χ1) is 9.08. The van der Waals surface area contributed by atoms with Crippen LogP contribution >= 0.6 is 0 Å². The summed E-state index contributed by atoms with van der Waals surface area (Å²) in [7, 11) is 0. The summed E-state index contributed by atoms with van der Waals surface area (Å²) in [5, 5.41) is 0. The SMILES string of the molecule is C=C(C)c1c(C)cccc1CCC1CCCC(C)C1. The molecule has 2 rings (SSSR count). The van der Waals surface area contributed by atoms with Crippen molar-refractivity contribution in [3.63, 3.8) is 0 Å². The maximum Gasteiger partial charge on any atom is -0.0172 e. The lowest BCUT2D eigenvalue weighted by molar-refractivity contribution is 0.270. The Balaban J connectivity index is 2.03. The van der Waals surface area contributed by atoms with E-state index in [2.05, 4.69) is 45.5 Å². The fourth-order valence-corrected chi connectivity index (χ4v) is 3.73. The summed E-state index contributed by atoms with van der Waals surface area (Å²) in [5.41, 5.74) is 5.50. The van der Waals surface area contributed by atoms with Gasteiger partial charge in [0.05, 0.1) is 0 Å². The van der Waals surface area contributed by atoms with Crippen LogP contribution in [0.15, 0.2) is 24.8 Å². The Morgan fingerprint density at radius 3 is 2.79 bits per heavy atom. The second-order valence-corrected chi connectivity index (χ2v) is 6.57. The second-order valence-electron chi connectivity index (χ2n) is 6.57. The summed E-state index contributed by atoms with van der Waals surface area (Å²) >= 11 is 0. The van der Waals surface area contributed by atoms with Gasteiger partial charge in [-0.25, -0.2) is 0 Å². The van der Waals surface area contributed by atoms with E-state index in [0.29, 0.717) is 0 Å². The number of rotatable bonds is 4. The second kappa shape index (κ2) is 6.41. The van der Waals surface area contributed by atoms with E-state index in [1.165, 1.54) is 60.8 Å². The Morgan fingerprint density at radius 1 is 1.32 bits per heavy atom. The molecule has 0 heteroatoms. The number of aryl methyl sites for hydroxylation is 2. The zero-order chi connectivity index (χ0) is 13.8. The quantitative estimate of drug-likeness (QED) is 0.640. The highest BCUT2D eigenvalue weighted by Crippen LogP contribution is 2.32. The number of allylic oxidation sites excluding steroid dienone is 1. The number of hydrogen-bond acceptors (Lipinski definition) is 0. The van der Waals surface area contributed by atoms with Crippen LogP contribution in [-0.2, 0) is 6.42 Å². The average Bonchev–Trinajstić information content (AvgIpc) is 2.36. The van der Waals surface area contributed by atoms with Crippen LogP contribution in [-0.4, -0.2) is 0 Å². The lowest BCUT2D eigenvalue weighted by Crippen LogP contribution is -2.14. The zero-order valence-corrected chi connectivity index (χ0v) is 12.8. The summed E-state index contributed by atoms with van der Waals surface area (Å²) in [5.74, 6) is 1.89. The Kier molecular flexibility index (Phi) is 4.85. The van der Waals surface area contributed by atoms with E-state index in [1.807, 2.05) is 0 Å². The van der Waals surface area contributed by atoms with Gasteiger partial charge in [-0.1, -0.05) is 56.5 Å². The minimum absolute atomic E-state index is 0.942. The molecule has 0 N–H and O–H groups in total. The third-order valence-electron chi connectivity index (χ3n) is 4.65. The molecule has 0 saturated heterocycles. The zero-order valence-electron chi connectivity index (χ0n) is 12.8. The van der Waals surface area contributed by atoms with Crippen molar-refractivity contribution in [2.45, 2.75) is 59.3 Å². The fraction of sp³-hybridized carbons (Fsp3) is 0.579. The summed E-state index contributed by atoms with van der Waals surface area (Å²) in [6.07, 6.45) is 8.34. The van der Waals surface area contributed by atoms with Crippen LogP contribution in [0.25, 0.3) is 5.57 Å². The van der Waals surface area contributed by atoms with E-state index in [4.69, 9.17) is 0 Å². The van der Waals surface area contributed by atoms with Crippen molar-refractivity contribution in [2.75, 3.05) is 0 Å². The van der Waals surface area contributed by atoms with Crippen molar-refractivity contribution in [1.29, 1.82) is 0 Å². The maximum absolute atomic E-state index is 4.15. The van der Waals surface area contributed by atoms with Crippen LogP contribution in [0, 0.1) is 18.8 Å². The van der Waals surface area contributed by atoms with Gasteiger partial charge in [-0.3, -0.25) is 0 Å². The first-order valence-electron chi connectivity index (χ1n) is 7.82. The molecule has 0 spiro atoms. The van der Waals surface area contributed by atoms with Gasteiger partial charge in [0.15, 0.2) is 0 Å². The molecule has 2 atom stereocenters. The van der Waals surface area contributed by atoms with Crippen LogP contribution in [0.3, 0.4) is 0 Å². The third-order valence-corrected chi connectivity index (χ3v) is 4.65. The van der Waals surface area contributed by atoms with E-state index < -0.39 is 0 Å². The molecule has 0 aromatic heterocycles. The first kappa shape index (κ1) is 14.4. The molecule has 0 nitrogen and oxygen atoms in total. The fourth-order valence-electron chi connectivity index (χ4n) is 3.73. The molecule has 1 aromatic carbocycles. The van der Waals surface area contributed by atoms with Crippen molar-refractivity contribution in [2.24, 2.45) is 11.8 Å². The molecule has 1 aliphatic rings.